The van der Waals surface area contributed by atoms with E-state index in [1.807, 2.05) is 6.07 Å². The van der Waals surface area contributed by atoms with Crippen LogP contribution in [0.25, 0.3) is 0 Å². The van der Waals surface area contributed by atoms with E-state index in [1.165, 1.54) is 25.9 Å². The second kappa shape index (κ2) is 5.87. The summed E-state index contributed by atoms with van der Waals surface area (Å²) >= 11 is 0. The van der Waals surface area contributed by atoms with Gasteiger partial charge in [-0.1, -0.05) is 6.92 Å². The maximum Gasteiger partial charge on any atom is 0.137 e. The van der Waals surface area contributed by atoms with Crippen molar-refractivity contribution in [1.29, 1.82) is 0 Å². The van der Waals surface area contributed by atoms with E-state index < -0.39 is 0 Å². The first-order valence-corrected chi connectivity index (χ1v) is 6.34. The Morgan fingerprint density at radius 3 is 2.76 bits per heavy atom. The van der Waals surface area contributed by atoms with Crippen LogP contribution in [0.15, 0.2) is 18.3 Å². The maximum atomic E-state index is 5.73. The zero-order valence-corrected chi connectivity index (χ0v) is 10.4. The highest BCUT2D eigenvalue weighted by Crippen LogP contribution is 2.19. The summed E-state index contributed by atoms with van der Waals surface area (Å²) in [5.41, 5.74) is 5.52. The van der Waals surface area contributed by atoms with Crippen LogP contribution in [-0.4, -0.2) is 36.1 Å². The van der Waals surface area contributed by atoms with Gasteiger partial charge in [0.2, 0.25) is 0 Å². The number of nitrogens with zero attached hydrogens (tertiary/aromatic N) is 2. The molecule has 1 aromatic heterocycles. The van der Waals surface area contributed by atoms with Crippen LogP contribution < -0.4 is 10.5 Å². The van der Waals surface area contributed by atoms with Gasteiger partial charge >= 0.3 is 0 Å². The van der Waals surface area contributed by atoms with Gasteiger partial charge in [-0.15, -0.1) is 0 Å². The summed E-state index contributed by atoms with van der Waals surface area (Å²) in [6, 6.07) is 3.65. The number of pyridine rings is 1. The number of nitrogens with two attached hydrogens (primary N) is 1. The number of rotatable bonds is 4. The van der Waals surface area contributed by atoms with E-state index in [9.17, 15) is 0 Å². The topological polar surface area (TPSA) is 51.4 Å². The summed E-state index contributed by atoms with van der Waals surface area (Å²) in [4.78, 5) is 6.50. The smallest absolute Gasteiger partial charge is 0.137 e. The van der Waals surface area contributed by atoms with Gasteiger partial charge in [0.15, 0.2) is 0 Å². The summed E-state index contributed by atoms with van der Waals surface area (Å²) < 4.78 is 5.73. The van der Waals surface area contributed by atoms with E-state index in [0.717, 1.165) is 18.9 Å². The molecule has 0 atom stereocenters. The van der Waals surface area contributed by atoms with E-state index in [4.69, 9.17) is 10.5 Å². The lowest BCUT2D eigenvalue weighted by Crippen LogP contribution is -2.35. The van der Waals surface area contributed by atoms with Crippen molar-refractivity contribution in [3.05, 3.63) is 18.3 Å². The fraction of sp³-hybridized carbons (Fsp3) is 0.615. The molecule has 1 aliphatic heterocycles. The molecule has 2 rings (SSSR count). The molecule has 4 heteroatoms. The lowest BCUT2D eigenvalue weighted by Gasteiger charge is -2.30. The van der Waals surface area contributed by atoms with E-state index in [2.05, 4.69) is 16.8 Å². The fourth-order valence-corrected chi connectivity index (χ4v) is 2.16. The number of hydrogen-bond donors (Lipinski definition) is 1. The first-order valence-electron chi connectivity index (χ1n) is 6.34. The molecule has 0 amide bonds. The molecule has 0 aliphatic carbocycles. The Morgan fingerprint density at radius 2 is 2.18 bits per heavy atom. The van der Waals surface area contributed by atoms with Crippen molar-refractivity contribution in [2.24, 2.45) is 5.92 Å². The number of nitrogen functional groups attached to an aromatic ring is 1. The van der Waals surface area contributed by atoms with Crippen molar-refractivity contribution in [2.45, 2.75) is 19.8 Å². The Morgan fingerprint density at radius 1 is 1.41 bits per heavy atom. The van der Waals surface area contributed by atoms with Crippen molar-refractivity contribution < 1.29 is 4.74 Å². The van der Waals surface area contributed by atoms with Crippen LogP contribution >= 0.6 is 0 Å². The predicted octanol–water partition coefficient (Wildman–Crippen LogP) is 1.77. The van der Waals surface area contributed by atoms with Crippen LogP contribution in [0, 0.1) is 5.92 Å². The minimum atomic E-state index is 0.536. The molecule has 1 aliphatic rings. The normalized spacial score (nSPS) is 18.2. The summed E-state index contributed by atoms with van der Waals surface area (Å²) in [7, 11) is 0. The summed E-state index contributed by atoms with van der Waals surface area (Å²) in [6.07, 6.45) is 4.16. The average Bonchev–Trinajstić information content (AvgIpc) is 2.39. The summed E-state index contributed by atoms with van der Waals surface area (Å²) in [5, 5.41) is 0. The van der Waals surface area contributed by atoms with Gasteiger partial charge in [-0.25, -0.2) is 4.98 Å². The number of ether oxygens (including phenoxy) is 1. The minimum Gasteiger partial charge on any atom is -0.492 e. The molecule has 0 bridgehead atoms. The lowest BCUT2D eigenvalue weighted by atomic mass is 9.98. The van der Waals surface area contributed by atoms with E-state index in [-0.39, 0.29) is 0 Å². The molecule has 0 unspecified atom stereocenters. The third-order valence-electron chi connectivity index (χ3n) is 3.40. The number of aromatic nitrogens is 1. The standard InChI is InChI=1S/C13H21N3O/c1-2-16-7-5-11(6-8-16)10-17-12-3-4-13(14)15-9-12/h3-4,9,11H,2,5-8,10H2,1H3,(H2,14,15). The molecule has 1 saturated heterocycles. The van der Waals surface area contributed by atoms with E-state index >= 15 is 0 Å². The highest BCUT2D eigenvalue weighted by molar-refractivity contribution is 5.32. The van der Waals surface area contributed by atoms with Gasteiger partial charge in [-0.2, -0.15) is 0 Å². The monoisotopic (exact) mass is 235 g/mol. The molecule has 1 aromatic rings. The largest absolute Gasteiger partial charge is 0.492 e. The predicted molar refractivity (Wildman–Crippen MR) is 69.0 cm³/mol. The van der Waals surface area contributed by atoms with Gasteiger partial charge in [0.1, 0.15) is 11.6 Å². The number of hydrogen-bond acceptors (Lipinski definition) is 4. The van der Waals surface area contributed by atoms with Crippen molar-refractivity contribution in [3.63, 3.8) is 0 Å². The Labute approximate surface area is 103 Å². The molecular formula is C13H21N3O. The summed E-state index contributed by atoms with van der Waals surface area (Å²) in [5.74, 6) is 2.03. The fourth-order valence-electron chi connectivity index (χ4n) is 2.16. The Hall–Kier alpha value is -1.29. The molecule has 0 saturated carbocycles. The zero-order valence-electron chi connectivity index (χ0n) is 10.4. The third-order valence-corrected chi connectivity index (χ3v) is 3.40. The van der Waals surface area contributed by atoms with Gasteiger partial charge in [0.05, 0.1) is 12.8 Å². The highest BCUT2D eigenvalue weighted by atomic mass is 16.5. The van der Waals surface area contributed by atoms with Crippen molar-refractivity contribution in [2.75, 3.05) is 32.0 Å². The Balaban J connectivity index is 1.74. The van der Waals surface area contributed by atoms with Crippen molar-refractivity contribution in [1.82, 2.24) is 9.88 Å². The molecule has 0 spiro atoms. The molecule has 0 radical (unpaired) electrons. The van der Waals surface area contributed by atoms with Crippen LogP contribution in [0.5, 0.6) is 5.75 Å². The van der Waals surface area contributed by atoms with Gasteiger partial charge in [-0.05, 0) is 50.5 Å². The van der Waals surface area contributed by atoms with Crippen LogP contribution in [0.3, 0.4) is 0 Å². The minimum absolute atomic E-state index is 0.536. The Bertz CT molecular complexity index is 331. The number of likely N-dealkylation sites (tertiary alicyclic amines) is 1. The van der Waals surface area contributed by atoms with Gasteiger partial charge < -0.3 is 15.4 Å². The molecular weight excluding hydrogens is 214 g/mol. The Kier molecular flexibility index (Phi) is 4.20. The average molecular weight is 235 g/mol. The molecule has 4 nitrogen and oxygen atoms in total. The first-order chi connectivity index (χ1) is 8.28. The number of piperidine rings is 1. The quantitative estimate of drug-likeness (QED) is 0.864. The van der Waals surface area contributed by atoms with E-state index in [1.54, 1.807) is 12.3 Å². The summed E-state index contributed by atoms with van der Waals surface area (Å²) in [6.45, 7) is 6.57. The highest BCUT2D eigenvalue weighted by Gasteiger charge is 2.18. The molecule has 94 valence electrons. The first kappa shape index (κ1) is 12.2. The molecule has 0 aromatic carbocycles. The van der Waals surface area contributed by atoms with Crippen LogP contribution in [-0.2, 0) is 0 Å². The van der Waals surface area contributed by atoms with Gasteiger partial charge in [-0.3, -0.25) is 0 Å². The maximum absolute atomic E-state index is 5.73. The van der Waals surface area contributed by atoms with Crippen LogP contribution in [0.1, 0.15) is 19.8 Å². The second-order valence-corrected chi connectivity index (χ2v) is 4.61. The van der Waals surface area contributed by atoms with Gasteiger partial charge in [0, 0.05) is 0 Å². The van der Waals surface area contributed by atoms with Crippen molar-refractivity contribution >= 4 is 5.82 Å². The van der Waals surface area contributed by atoms with E-state index in [0.29, 0.717) is 11.7 Å². The van der Waals surface area contributed by atoms with Crippen LogP contribution in [0.2, 0.25) is 0 Å². The molecule has 1 fully saturated rings. The van der Waals surface area contributed by atoms with Crippen molar-refractivity contribution in [3.8, 4) is 5.75 Å². The second-order valence-electron chi connectivity index (χ2n) is 4.61. The lowest BCUT2D eigenvalue weighted by molar-refractivity contribution is 0.145. The molecule has 2 heterocycles. The third kappa shape index (κ3) is 3.60. The molecule has 2 N–H and O–H groups in total. The van der Waals surface area contributed by atoms with Gasteiger partial charge in [0.25, 0.3) is 0 Å². The zero-order chi connectivity index (χ0) is 12.1. The van der Waals surface area contributed by atoms with Crippen LogP contribution in [0.4, 0.5) is 5.82 Å². The SMILES string of the molecule is CCN1CCC(COc2ccc(N)nc2)CC1. The number of anilines is 1. The molecule has 17 heavy (non-hydrogen) atoms.